The van der Waals surface area contributed by atoms with E-state index in [2.05, 4.69) is 10.3 Å². The number of carbonyl (C=O) groups is 1. The number of imidazole rings is 1. The van der Waals surface area contributed by atoms with Gasteiger partial charge in [0.05, 0.1) is 5.69 Å². The molecule has 2 rings (SSSR count). The van der Waals surface area contributed by atoms with Gasteiger partial charge in [-0.2, -0.15) is 0 Å². The van der Waals surface area contributed by atoms with Crippen LogP contribution in [0.4, 0.5) is 0 Å². The molecule has 2 N–H and O–H groups in total. The molecule has 0 atom stereocenters. The average Bonchev–Trinajstić information content (AvgIpc) is 2.83. The van der Waals surface area contributed by atoms with Crippen LogP contribution >= 0.6 is 0 Å². The molecule has 0 fully saturated rings. The lowest BCUT2D eigenvalue weighted by molar-refractivity contribution is 0.0950. The number of benzene rings is 1. The van der Waals surface area contributed by atoms with Gasteiger partial charge in [-0.3, -0.25) is 4.79 Å². The van der Waals surface area contributed by atoms with Gasteiger partial charge in [0.2, 0.25) is 0 Å². The van der Waals surface area contributed by atoms with Crippen molar-refractivity contribution >= 4 is 5.91 Å². The van der Waals surface area contributed by atoms with Gasteiger partial charge in [0.25, 0.3) is 5.91 Å². The second-order valence-electron chi connectivity index (χ2n) is 4.01. The number of aliphatic hydroxyl groups is 1. The average molecular weight is 261 g/mol. The summed E-state index contributed by atoms with van der Waals surface area (Å²) in [6.07, 6.45) is 1.86. The van der Waals surface area contributed by atoms with E-state index in [1.807, 2.05) is 44.4 Å². The molecule has 1 heterocycles. The van der Waals surface area contributed by atoms with E-state index >= 15 is 0 Å². The number of rotatable bonds is 2. The minimum Gasteiger partial charge on any atom is -0.400 e. The number of aromatic nitrogens is 2. The minimum atomic E-state index is -0.175. The fraction of sp³-hybridized carbons (Fsp3) is 0.286. The van der Waals surface area contributed by atoms with E-state index in [0.29, 0.717) is 5.82 Å². The number of aryl methyl sites for hydroxylation is 2. The maximum atomic E-state index is 11.5. The first kappa shape index (κ1) is 14.9. The molecule has 0 aliphatic heterocycles. The Morgan fingerprint density at radius 2 is 1.84 bits per heavy atom. The van der Waals surface area contributed by atoms with Crippen molar-refractivity contribution in [1.82, 2.24) is 14.9 Å². The minimum absolute atomic E-state index is 0.175. The van der Waals surface area contributed by atoms with Gasteiger partial charge in [-0.25, -0.2) is 4.98 Å². The normalized spacial score (nSPS) is 9.53. The first-order valence-corrected chi connectivity index (χ1v) is 5.89. The summed E-state index contributed by atoms with van der Waals surface area (Å²) in [4.78, 5) is 15.9. The van der Waals surface area contributed by atoms with Crippen molar-refractivity contribution in [2.75, 3.05) is 14.2 Å². The fourth-order valence-corrected chi connectivity index (χ4v) is 1.65. The SMILES string of the molecule is CNC(=O)c1nc(-c2ccc(C)cc2)cn1C.CO. The Kier molecular flexibility index (Phi) is 5.26. The quantitative estimate of drug-likeness (QED) is 0.858. The van der Waals surface area contributed by atoms with Crippen molar-refractivity contribution in [3.05, 3.63) is 41.9 Å². The van der Waals surface area contributed by atoms with Crippen molar-refractivity contribution < 1.29 is 9.90 Å². The molecule has 0 aliphatic rings. The largest absolute Gasteiger partial charge is 0.400 e. The van der Waals surface area contributed by atoms with Crippen LogP contribution in [0.15, 0.2) is 30.5 Å². The second kappa shape index (κ2) is 6.70. The molecule has 0 aliphatic carbocycles. The van der Waals surface area contributed by atoms with Gasteiger partial charge in [0.15, 0.2) is 5.82 Å². The lowest BCUT2D eigenvalue weighted by atomic mass is 10.1. The molecule has 1 amide bonds. The van der Waals surface area contributed by atoms with E-state index in [9.17, 15) is 4.79 Å². The number of carbonyl (C=O) groups excluding carboxylic acids is 1. The standard InChI is InChI=1S/C13H15N3O.CH4O/c1-9-4-6-10(7-5-9)11-8-16(3)12(15-11)13(17)14-2;1-2/h4-8H,1-3H3,(H,14,17);2H,1H3. The van der Waals surface area contributed by atoms with E-state index in [-0.39, 0.29) is 5.91 Å². The third kappa shape index (κ3) is 3.42. The Labute approximate surface area is 112 Å². The van der Waals surface area contributed by atoms with Gasteiger partial charge >= 0.3 is 0 Å². The maximum Gasteiger partial charge on any atom is 0.287 e. The smallest absolute Gasteiger partial charge is 0.287 e. The molecule has 0 saturated heterocycles. The van der Waals surface area contributed by atoms with Gasteiger partial charge in [-0.15, -0.1) is 0 Å². The predicted octanol–water partition coefficient (Wildman–Crippen LogP) is 1.36. The summed E-state index contributed by atoms with van der Waals surface area (Å²) in [6, 6.07) is 8.07. The molecule has 0 unspecified atom stereocenters. The van der Waals surface area contributed by atoms with Gasteiger partial charge in [0.1, 0.15) is 0 Å². The zero-order chi connectivity index (χ0) is 14.4. The van der Waals surface area contributed by atoms with E-state index in [1.165, 1.54) is 5.56 Å². The van der Waals surface area contributed by atoms with E-state index in [1.54, 1.807) is 11.6 Å². The summed E-state index contributed by atoms with van der Waals surface area (Å²) in [6.45, 7) is 2.04. The van der Waals surface area contributed by atoms with Gasteiger partial charge < -0.3 is 15.0 Å². The Hall–Kier alpha value is -2.14. The number of nitrogens with one attached hydrogen (secondary N) is 1. The summed E-state index contributed by atoms with van der Waals surface area (Å²) in [5.41, 5.74) is 3.03. The van der Waals surface area contributed by atoms with Crippen LogP contribution in [0.25, 0.3) is 11.3 Å². The van der Waals surface area contributed by atoms with Gasteiger partial charge in [0, 0.05) is 33.0 Å². The lowest BCUT2D eigenvalue weighted by Crippen LogP contribution is -2.21. The summed E-state index contributed by atoms with van der Waals surface area (Å²) in [7, 11) is 4.41. The van der Waals surface area contributed by atoms with Crippen molar-refractivity contribution in [2.45, 2.75) is 6.92 Å². The molecule has 1 aromatic heterocycles. The molecule has 19 heavy (non-hydrogen) atoms. The molecule has 5 heteroatoms. The van der Waals surface area contributed by atoms with Crippen molar-refractivity contribution in [3.63, 3.8) is 0 Å². The Morgan fingerprint density at radius 3 is 2.37 bits per heavy atom. The van der Waals surface area contributed by atoms with Crippen LogP contribution in [-0.4, -0.2) is 34.7 Å². The first-order chi connectivity index (χ1) is 9.11. The molecule has 2 aromatic rings. The van der Waals surface area contributed by atoms with E-state index < -0.39 is 0 Å². The van der Waals surface area contributed by atoms with Crippen molar-refractivity contribution in [1.29, 1.82) is 0 Å². The summed E-state index contributed by atoms with van der Waals surface area (Å²) >= 11 is 0. The predicted molar refractivity (Wildman–Crippen MR) is 74.9 cm³/mol. The molecule has 0 bridgehead atoms. The van der Waals surface area contributed by atoms with Crippen LogP contribution < -0.4 is 5.32 Å². The fourth-order valence-electron chi connectivity index (χ4n) is 1.65. The Bertz CT molecular complexity index is 544. The second-order valence-corrected chi connectivity index (χ2v) is 4.01. The number of hydrogen-bond donors (Lipinski definition) is 2. The number of amides is 1. The van der Waals surface area contributed by atoms with Gasteiger partial charge in [-0.05, 0) is 6.92 Å². The summed E-state index contributed by atoms with van der Waals surface area (Å²) in [5, 5.41) is 9.57. The lowest BCUT2D eigenvalue weighted by Gasteiger charge is -1.97. The molecule has 0 spiro atoms. The highest BCUT2D eigenvalue weighted by Crippen LogP contribution is 2.18. The molecule has 102 valence electrons. The van der Waals surface area contributed by atoms with Crippen LogP contribution in [0.2, 0.25) is 0 Å². The van der Waals surface area contributed by atoms with E-state index in [0.717, 1.165) is 18.4 Å². The van der Waals surface area contributed by atoms with Crippen LogP contribution in [-0.2, 0) is 7.05 Å². The highest BCUT2D eigenvalue weighted by atomic mass is 16.2. The number of hydrogen-bond acceptors (Lipinski definition) is 3. The van der Waals surface area contributed by atoms with Crippen molar-refractivity contribution in [3.8, 4) is 11.3 Å². The maximum absolute atomic E-state index is 11.5. The summed E-state index contributed by atoms with van der Waals surface area (Å²) in [5.74, 6) is 0.244. The van der Waals surface area contributed by atoms with E-state index in [4.69, 9.17) is 5.11 Å². The van der Waals surface area contributed by atoms with Crippen LogP contribution in [0.1, 0.15) is 16.2 Å². The number of nitrogens with zero attached hydrogens (tertiary/aromatic N) is 2. The van der Waals surface area contributed by atoms with Crippen LogP contribution in [0.3, 0.4) is 0 Å². The molecular weight excluding hydrogens is 242 g/mol. The molecular formula is C14H19N3O2. The molecule has 1 aromatic carbocycles. The topological polar surface area (TPSA) is 67.2 Å². The number of aliphatic hydroxyl groups excluding tert-OH is 1. The third-order valence-corrected chi connectivity index (χ3v) is 2.65. The third-order valence-electron chi connectivity index (χ3n) is 2.65. The zero-order valence-corrected chi connectivity index (χ0v) is 11.6. The van der Waals surface area contributed by atoms with Crippen LogP contribution in [0, 0.1) is 6.92 Å². The zero-order valence-electron chi connectivity index (χ0n) is 11.6. The van der Waals surface area contributed by atoms with Crippen LogP contribution in [0.5, 0.6) is 0 Å². The highest BCUT2D eigenvalue weighted by Gasteiger charge is 2.12. The molecule has 0 radical (unpaired) electrons. The summed E-state index contributed by atoms with van der Waals surface area (Å²) < 4.78 is 1.73. The Morgan fingerprint density at radius 1 is 1.26 bits per heavy atom. The molecule has 0 saturated carbocycles. The first-order valence-electron chi connectivity index (χ1n) is 5.89. The monoisotopic (exact) mass is 261 g/mol. The van der Waals surface area contributed by atoms with Crippen molar-refractivity contribution in [2.24, 2.45) is 7.05 Å². The van der Waals surface area contributed by atoms with Gasteiger partial charge in [-0.1, -0.05) is 29.8 Å². The Balaban J connectivity index is 0.000000861. The highest BCUT2D eigenvalue weighted by molar-refractivity contribution is 5.91. The molecule has 5 nitrogen and oxygen atoms in total.